The zero-order valence-electron chi connectivity index (χ0n) is 10.8. The number of hydrogen-bond donors (Lipinski definition) is 1. The van der Waals surface area contributed by atoms with Crippen molar-refractivity contribution in [3.8, 4) is 0 Å². The Morgan fingerprint density at radius 1 is 1.22 bits per heavy atom. The molecule has 0 aliphatic rings. The maximum atomic E-state index is 11.5. The predicted octanol–water partition coefficient (Wildman–Crippen LogP) is 1.70. The molecule has 0 saturated heterocycles. The van der Waals surface area contributed by atoms with Crippen LogP contribution in [0.2, 0.25) is 0 Å². The molecule has 0 aliphatic heterocycles. The van der Waals surface area contributed by atoms with E-state index in [1.807, 2.05) is 19.3 Å². The number of nitrogens with one attached hydrogen (secondary N) is 1. The summed E-state index contributed by atoms with van der Waals surface area (Å²) in [6, 6.07) is 3.38. The van der Waals surface area contributed by atoms with Crippen molar-refractivity contribution >= 4 is 5.69 Å². The van der Waals surface area contributed by atoms with E-state index in [2.05, 4.69) is 21.8 Å². The van der Waals surface area contributed by atoms with E-state index >= 15 is 0 Å². The van der Waals surface area contributed by atoms with Gasteiger partial charge >= 0.3 is 0 Å². The first-order valence-electron chi connectivity index (χ1n) is 6.19. The summed E-state index contributed by atoms with van der Waals surface area (Å²) in [6.45, 7) is 6.28. The molecule has 0 aromatic carbocycles. The normalized spacial score (nSPS) is 10.6. The molecule has 96 valence electrons. The fraction of sp³-hybridized carbons (Fsp3) is 0.385. The summed E-state index contributed by atoms with van der Waals surface area (Å²) in [6.07, 6.45) is 5.60. The van der Waals surface area contributed by atoms with Crippen LogP contribution in [-0.4, -0.2) is 14.1 Å². The van der Waals surface area contributed by atoms with E-state index in [1.165, 1.54) is 0 Å². The largest absolute Gasteiger partial charge is 0.377 e. The average molecular weight is 246 g/mol. The summed E-state index contributed by atoms with van der Waals surface area (Å²) in [5, 5.41) is 3.28. The fourth-order valence-electron chi connectivity index (χ4n) is 1.86. The van der Waals surface area contributed by atoms with Gasteiger partial charge in [-0.2, -0.15) is 0 Å². The average Bonchev–Trinajstić information content (AvgIpc) is 2.85. The summed E-state index contributed by atoms with van der Waals surface area (Å²) in [4.78, 5) is 15.7. The molecule has 18 heavy (non-hydrogen) atoms. The van der Waals surface area contributed by atoms with Gasteiger partial charge < -0.3 is 14.5 Å². The van der Waals surface area contributed by atoms with Crippen molar-refractivity contribution in [1.82, 2.24) is 14.1 Å². The monoisotopic (exact) mass is 246 g/mol. The molecule has 5 heteroatoms. The van der Waals surface area contributed by atoms with Crippen LogP contribution in [-0.2, 0) is 19.6 Å². The molecule has 0 saturated carbocycles. The van der Waals surface area contributed by atoms with Crippen molar-refractivity contribution in [2.45, 2.75) is 33.5 Å². The van der Waals surface area contributed by atoms with Crippen molar-refractivity contribution in [2.24, 2.45) is 0 Å². The Morgan fingerprint density at radius 2 is 2.00 bits per heavy atom. The van der Waals surface area contributed by atoms with Gasteiger partial charge in [0.05, 0.1) is 12.2 Å². The van der Waals surface area contributed by atoms with E-state index in [9.17, 15) is 4.79 Å². The molecule has 0 bridgehead atoms. The molecule has 5 nitrogen and oxygen atoms in total. The maximum absolute atomic E-state index is 11.5. The minimum Gasteiger partial charge on any atom is -0.377 e. The molecule has 2 heterocycles. The minimum absolute atomic E-state index is 0.0260. The highest BCUT2D eigenvalue weighted by Crippen LogP contribution is 2.06. The van der Waals surface area contributed by atoms with Gasteiger partial charge in [0.2, 0.25) is 0 Å². The van der Waals surface area contributed by atoms with Gasteiger partial charge in [-0.15, -0.1) is 0 Å². The van der Waals surface area contributed by atoms with Crippen LogP contribution < -0.4 is 10.9 Å². The lowest BCUT2D eigenvalue weighted by Crippen LogP contribution is -2.18. The van der Waals surface area contributed by atoms with Crippen molar-refractivity contribution in [2.75, 3.05) is 5.32 Å². The highest BCUT2D eigenvalue weighted by molar-refractivity contribution is 5.40. The van der Waals surface area contributed by atoms with E-state index < -0.39 is 0 Å². The van der Waals surface area contributed by atoms with Gasteiger partial charge in [-0.1, -0.05) is 0 Å². The molecule has 0 atom stereocenters. The number of rotatable bonds is 5. The first kappa shape index (κ1) is 12.4. The molecule has 0 amide bonds. The van der Waals surface area contributed by atoms with E-state index in [1.54, 1.807) is 22.9 Å². The highest BCUT2D eigenvalue weighted by atomic mass is 16.1. The Balaban J connectivity index is 2.08. The molecule has 0 spiro atoms. The number of pyridine rings is 1. The van der Waals surface area contributed by atoms with Gasteiger partial charge in [-0.25, -0.2) is 4.98 Å². The van der Waals surface area contributed by atoms with E-state index in [-0.39, 0.29) is 5.56 Å². The van der Waals surface area contributed by atoms with Crippen LogP contribution in [0, 0.1) is 0 Å². The summed E-state index contributed by atoms with van der Waals surface area (Å²) < 4.78 is 3.76. The van der Waals surface area contributed by atoms with Gasteiger partial charge in [-0.3, -0.25) is 4.79 Å². The molecular formula is C13H18N4O. The number of aryl methyl sites for hydroxylation is 2. The zero-order valence-corrected chi connectivity index (χ0v) is 10.8. The lowest BCUT2D eigenvalue weighted by molar-refractivity contribution is 0.705. The Morgan fingerprint density at radius 3 is 2.72 bits per heavy atom. The van der Waals surface area contributed by atoms with Crippen LogP contribution in [0.15, 0.2) is 35.5 Å². The summed E-state index contributed by atoms with van der Waals surface area (Å²) in [7, 11) is 0. The SMILES string of the molecule is CCn1ccnc1CNc1ccc(=O)n(CC)c1. The first-order valence-corrected chi connectivity index (χ1v) is 6.19. The Kier molecular flexibility index (Phi) is 3.82. The van der Waals surface area contributed by atoms with Gasteiger partial charge in [0.15, 0.2) is 0 Å². The maximum Gasteiger partial charge on any atom is 0.250 e. The van der Waals surface area contributed by atoms with Gasteiger partial charge in [-0.05, 0) is 19.9 Å². The molecule has 1 N–H and O–H groups in total. The third-order valence-corrected chi connectivity index (χ3v) is 2.92. The second-order valence-electron chi connectivity index (χ2n) is 4.03. The van der Waals surface area contributed by atoms with Crippen molar-refractivity contribution in [3.63, 3.8) is 0 Å². The number of nitrogens with zero attached hydrogens (tertiary/aromatic N) is 3. The Labute approximate surface area is 106 Å². The minimum atomic E-state index is 0.0260. The zero-order chi connectivity index (χ0) is 13.0. The Hall–Kier alpha value is -2.04. The van der Waals surface area contributed by atoms with Crippen LogP contribution in [0.5, 0.6) is 0 Å². The highest BCUT2D eigenvalue weighted by Gasteiger charge is 2.01. The second-order valence-corrected chi connectivity index (χ2v) is 4.03. The molecule has 2 rings (SSSR count). The molecular weight excluding hydrogens is 228 g/mol. The number of hydrogen-bond acceptors (Lipinski definition) is 3. The fourth-order valence-corrected chi connectivity index (χ4v) is 1.86. The third-order valence-electron chi connectivity index (χ3n) is 2.92. The van der Waals surface area contributed by atoms with E-state index in [4.69, 9.17) is 0 Å². The smallest absolute Gasteiger partial charge is 0.250 e. The van der Waals surface area contributed by atoms with Crippen molar-refractivity contribution in [1.29, 1.82) is 0 Å². The van der Waals surface area contributed by atoms with Crippen LogP contribution in [0.25, 0.3) is 0 Å². The van der Waals surface area contributed by atoms with E-state index in [0.29, 0.717) is 13.1 Å². The second kappa shape index (κ2) is 5.53. The first-order chi connectivity index (χ1) is 8.74. The molecule has 0 unspecified atom stereocenters. The summed E-state index contributed by atoms with van der Waals surface area (Å²) >= 11 is 0. The van der Waals surface area contributed by atoms with Crippen molar-refractivity contribution in [3.05, 3.63) is 46.9 Å². The van der Waals surface area contributed by atoms with E-state index in [0.717, 1.165) is 18.1 Å². The summed E-state index contributed by atoms with van der Waals surface area (Å²) in [5.74, 6) is 0.992. The number of imidazole rings is 1. The topological polar surface area (TPSA) is 51.9 Å². The van der Waals surface area contributed by atoms with Crippen LogP contribution in [0.1, 0.15) is 19.7 Å². The van der Waals surface area contributed by atoms with Crippen LogP contribution >= 0.6 is 0 Å². The lowest BCUT2D eigenvalue weighted by Gasteiger charge is -2.09. The van der Waals surface area contributed by atoms with Crippen LogP contribution in [0.4, 0.5) is 5.69 Å². The third kappa shape index (κ3) is 2.61. The standard InChI is InChI=1S/C13H18N4O/c1-3-16-8-7-14-12(16)9-15-11-5-6-13(18)17(4-2)10-11/h5-8,10,15H,3-4,9H2,1-2H3. The molecule has 2 aromatic heterocycles. The molecule has 0 radical (unpaired) electrons. The quantitative estimate of drug-likeness (QED) is 0.873. The lowest BCUT2D eigenvalue weighted by atomic mass is 10.4. The number of aromatic nitrogens is 3. The molecule has 0 fully saturated rings. The van der Waals surface area contributed by atoms with Crippen LogP contribution in [0.3, 0.4) is 0 Å². The summed E-state index contributed by atoms with van der Waals surface area (Å²) in [5.41, 5.74) is 0.959. The van der Waals surface area contributed by atoms with Gasteiger partial charge in [0.1, 0.15) is 5.82 Å². The molecule has 2 aromatic rings. The van der Waals surface area contributed by atoms with Gasteiger partial charge in [0, 0.05) is 37.7 Å². The number of anilines is 1. The van der Waals surface area contributed by atoms with Crippen molar-refractivity contribution < 1.29 is 0 Å². The predicted molar refractivity (Wildman–Crippen MR) is 71.6 cm³/mol. The molecule has 0 aliphatic carbocycles. The Bertz CT molecular complexity index is 570. The van der Waals surface area contributed by atoms with Gasteiger partial charge in [0.25, 0.3) is 5.56 Å².